The molecule has 0 aliphatic rings. The van der Waals surface area contributed by atoms with E-state index in [0.717, 1.165) is 12.8 Å². The summed E-state index contributed by atoms with van der Waals surface area (Å²) < 4.78 is 5.47. The first-order chi connectivity index (χ1) is 12.1. The molecule has 2 N–H and O–H groups in total. The Morgan fingerprint density at radius 1 is 1.40 bits per heavy atom. The van der Waals surface area contributed by atoms with Crippen molar-refractivity contribution in [1.82, 2.24) is 10.3 Å². The summed E-state index contributed by atoms with van der Waals surface area (Å²) in [6, 6.07) is 8.04. The molecule has 1 aromatic carbocycles. The largest absolute Gasteiger partial charge is 0.505 e. The lowest BCUT2D eigenvalue weighted by molar-refractivity contribution is -0.121. The molecule has 5 nitrogen and oxygen atoms in total. The van der Waals surface area contributed by atoms with E-state index in [1.165, 1.54) is 6.26 Å². The van der Waals surface area contributed by atoms with Crippen molar-refractivity contribution >= 4 is 28.4 Å². The number of amides is 1. The number of furan rings is 1. The third kappa shape index (κ3) is 3.61. The van der Waals surface area contributed by atoms with Crippen LogP contribution in [0.4, 0.5) is 0 Å². The Morgan fingerprint density at radius 3 is 2.96 bits per heavy atom. The average molecular weight is 359 g/mol. The van der Waals surface area contributed by atoms with Gasteiger partial charge in [-0.3, -0.25) is 9.78 Å². The summed E-state index contributed by atoms with van der Waals surface area (Å²) in [5, 5.41) is 14.7. The molecular formula is C19H19ClN2O3. The Bertz CT molecular complexity index is 878. The van der Waals surface area contributed by atoms with Crippen molar-refractivity contribution in [2.45, 2.75) is 32.2 Å². The summed E-state index contributed by atoms with van der Waals surface area (Å²) in [6.45, 7) is 2.03. The third-order valence-corrected chi connectivity index (χ3v) is 4.36. The summed E-state index contributed by atoms with van der Waals surface area (Å²) in [5.41, 5.74) is 0.848. The smallest absolute Gasteiger partial charge is 0.220 e. The third-order valence-electron chi connectivity index (χ3n) is 4.05. The van der Waals surface area contributed by atoms with E-state index >= 15 is 0 Å². The average Bonchev–Trinajstić information content (AvgIpc) is 3.15. The van der Waals surface area contributed by atoms with Gasteiger partial charge in [-0.25, -0.2) is 0 Å². The number of carbonyl (C=O) groups is 1. The van der Waals surface area contributed by atoms with Crippen LogP contribution in [0.15, 0.2) is 47.2 Å². The number of fused-ring (bicyclic) bond motifs is 1. The molecule has 0 spiro atoms. The molecule has 3 rings (SSSR count). The Labute approximate surface area is 150 Å². The fraction of sp³-hybridized carbons (Fsp3) is 0.263. The van der Waals surface area contributed by atoms with Crippen LogP contribution >= 0.6 is 11.6 Å². The van der Waals surface area contributed by atoms with E-state index in [0.29, 0.717) is 33.7 Å². The normalized spacial score (nSPS) is 12.2. The highest BCUT2D eigenvalue weighted by molar-refractivity contribution is 6.35. The number of carbonyl (C=O) groups excluding carboxylic acids is 1. The van der Waals surface area contributed by atoms with Gasteiger partial charge in [0.1, 0.15) is 23.1 Å². The number of hydrogen-bond acceptors (Lipinski definition) is 4. The van der Waals surface area contributed by atoms with Crippen LogP contribution in [-0.2, 0) is 4.79 Å². The van der Waals surface area contributed by atoms with E-state index in [-0.39, 0.29) is 11.7 Å². The van der Waals surface area contributed by atoms with E-state index in [4.69, 9.17) is 16.0 Å². The first-order valence-electron chi connectivity index (χ1n) is 8.20. The molecule has 1 atom stereocenters. The molecule has 0 unspecified atom stereocenters. The van der Waals surface area contributed by atoms with Crippen molar-refractivity contribution in [3.05, 3.63) is 59.1 Å². The van der Waals surface area contributed by atoms with E-state index < -0.39 is 6.04 Å². The van der Waals surface area contributed by atoms with Crippen LogP contribution in [0.25, 0.3) is 10.9 Å². The molecule has 0 radical (unpaired) electrons. The lowest BCUT2D eigenvalue weighted by atomic mass is 10.00. The van der Waals surface area contributed by atoms with Crippen LogP contribution in [0.1, 0.15) is 43.6 Å². The van der Waals surface area contributed by atoms with Crippen molar-refractivity contribution in [1.29, 1.82) is 0 Å². The predicted molar refractivity (Wildman–Crippen MR) is 96.6 cm³/mol. The molecule has 0 saturated heterocycles. The number of benzene rings is 1. The molecule has 0 bridgehead atoms. The van der Waals surface area contributed by atoms with E-state index in [9.17, 15) is 9.90 Å². The van der Waals surface area contributed by atoms with Gasteiger partial charge < -0.3 is 14.8 Å². The topological polar surface area (TPSA) is 75.4 Å². The van der Waals surface area contributed by atoms with Crippen LogP contribution in [0, 0.1) is 0 Å². The molecular weight excluding hydrogens is 340 g/mol. The second kappa shape index (κ2) is 7.57. The molecule has 2 aromatic heterocycles. The van der Waals surface area contributed by atoms with Crippen molar-refractivity contribution in [2.24, 2.45) is 0 Å². The number of phenols is 1. The molecule has 0 aliphatic carbocycles. The Hall–Kier alpha value is -2.53. The number of rotatable bonds is 6. The first kappa shape index (κ1) is 17.3. The molecule has 2 heterocycles. The lowest BCUT2D eigenvalue weighted by Gasteiger charge is -2.19. The summed E-state index contributed by atoms with van der Waals surface area (Å²) in [6.07, 6.45) is 5.24. The zero-order chi connectivity index (χ0) is 17.8. The quantitative estimate of drug-likeness (QED) is 0.676. The molecule has 130 valence electrons. The van der Waals surface area contributed by atoms with Gasteiger partial charge in [-0.05, 0) is 36.8 Å². The van der Waals surface area contributed by atoms with E-state index in [2.05, 4.69) is 10.3 Å². The van der Waals surface area contributed by atoms with Gasteiger partial charge in [0, 0.05) is 23.6 Å². The zero-order valence-electron chi connectivity index (χ0n) is 13.8. The Balaban J connectivity index is 2.06. The van der Waals surface area contributed by atoms with E-state index in [1.54, 1.807) is 36.5 Å². The number of unbranched alkanes of at least 4 members (excludes halogenated alkanes) is 1. The van der Waals surface area contributed by atoms with Crippen molar-refractivity contribution in [3.8, 4) is 5.75 Å². The summed E-state index contributed by atoms with van der Waals surface area (Å²) in [5.74, 6) is 0.392. The lowest BCUT2D eigenvalue weighted by Crippen LogP contribution is -2.29. The van der Waals surface area contributed by atoms with Gasteiger partial charge in [-0.2, -0.15) is 0 Å². The van der Waals surface area contributed by atoms with Crippen LogP contribution < -0.4 is 5.32 Å². The number of aromatic hydroxyl groups is 1. The van der Waals surface area contributed by atoms with Gasteiger partial charge >= 0.3 is 0 Å². The Kier molecular flexibility index (Phi) is 5.24. The first-order valence-corrected chi connectivity index (χ1v) is 8.58. The van der Waals surface area contributed by atoms with Gasteiger partial charge in [-0.1, -0.05) is 24.9 Å². The summed E-state index contributed by atoms with van der Waals surface area (Å²) in [4.78, 5) is 16.5. The monoisotopic (exact) mass is 358 g/mol. The number of nitrogens with one attached hydrogen (secondary N) is 1. The van der Waals surface area contributed by atoms with Gasteiger partial charge in [0.15, 0.2) is 0 Å². The molecule has 25 heavy (non-hydrogen) atoms. The predicted octanol–water partition coefficient (Wildman–Crippen LogP) is 4.58. The highest BCUT2D eigenvalue weighted by atomic mass is 35.5. The molecule has 0 fully saturated rings. The Morgan fingerprint density at radius 2 is 2.24 bits per heavy atom. The molecule has 6 heteroatoms. The molecule has 0 saturated carbocycles. The SMILES string of the molecule is CCCCC(=O)N[C@@H](c1ccco1)c1cc(Cl)c2cccnc2c1O. The molecule has 0 aliphatic heterocycles. The van der Waals surface area contributed by atoms with Crippen LogP contribution in [0.2, 0.25) is 5.02 Å². The molecule has 3 aromatic rings. The number of phenolic OH excluding ortho intramolecular Hbond substituents is 1. The zero-order valence-corrected chi connectivity index (χ0v) is 14.6. The molecule has 1 amide bonds. The highest BCUT2D eigenvalue weighted by Gasteiger charge is 2.25. The maximum atomic E-state index is 12.3. The van der Waals surface area contributed by atoms with Crippen LogP contribution in [0.3, 0.4) is 0 Å². The number of pyridine rings is 1. The van der Waals surface area contributed by atoms with Crippen molar-refractivity contribution < 1.29 is 14.3 Å². The minimum Gasteiger partial charge on any atom is -0.505 e. The summed E-state index contributed by atoms with van der Waals surface area (Å²) in [7, 11) is 0. The summed E-state index contributed by atoms with van der Waals surface area (Å²) >= 11 is 6.37. The van der Waals surface area contributed by atoms with Gasteiger partial charge in [0.05, 0.1) is 11.3 Å². The fourth-order valence-electron chi connectivity index (χ4n) is 2.75. The maximum Gasteiger partial charge on any atom is 0.220 e. The number of aromatic nitrogens is 1. The maximum absolute atomic E-state index is 12.3. The highest BCUT2D eigenvalue weighted by Crippen LogP contribution is 2.38. The number of halogens is 1. The van der Waals surface area contributed by atoms with Crippen molar-refractivity contribution in [3.63, 3.8) is 0 Å². The van der Waals surface area contributed by atoms with Crippen molar-refractivity contribution in [2.75, 3.05) is 0 Å². The second-order valence-electron chi connectivity index (χ2n) is 5.82. The van der Waals surface area contributed by atoms with Crippen LogP contribution in [-0.4, -0.2) is 16.0 Å². The van der Waals surface area contributed by atoms with E-state index in [1.807, 2.05) is 6.92 Å². The van der Waals surface area contributed by atoms with Crippen LogP contribution in [0.5, 0.6) is 5.75 Å². The minimum absolute atomic E-state index is 0.0165. The fourth-order valence-corrected chi connectivity index (χ4v) is 3.02. The minimum atomic E-state index is -0.636. The van der Waals surface area contributed by atoms with Gasteiger partial charge in [0.2, 0.25) is 5.91 Å². The number of hydrogen-bond donors (Lipinski definition) is 2. The number of nitrogens with zero attached hydrogens (tertiary/aromatic N) is 1. The van der Waals surface area contributed by atoms with Gasteiger partial charge in [0.25, 0.3) is 0 Å². The second-order valence-corrected chi connectivity index (χ2v) is 6.22. The van der Waals surface area contributed by atoms with Gasteiger partial charge in [-0.15, -0.1) is 0 Å². The standard InChI is InChI=1S/C19H19ClN2O3/c1-2-3-8-16(23)22-17(15-7-5-10-25-15)13-11-14(20)12-6-4-9-21-18(12)19(13)24/h4-7,9-11,17,24H,2-3,8H2,1H3,(H,22,23)/t17-/m1/s1.